The smallest absolute Gasteiger partial charge is 0.298 e. The SMILES string of the molecule is O=C(NC(Cc1ccccc1)c1ccccc1)c1ccc(Oc2nc(Cc3ccc(F)cc3)ns2)cc1. The van der Waals surface area contributed by atoms with E-state index in [-0.39, 0.29) is 17.8 Å². The predicted octanol–water partition coefficient (Wildman–Crippen LogP) is 6.77. The summed E-state index contributed by atoms with van der Waals surface area (Å²) >= 11 is 1.15. The fourth-order valence-corrected chi connectivity index (χ4v) is 4.51. The van der Waals surface area contributed by atoms with Crippen molar-refractivity contribution in [1.29, 1.82) is 0 Å². The van der Waals surface area contributed by atoms with E-state index < -0.39 is 0 Å². The van der Waals surface area contributed by atoms with Crippen molar-refractivity contribution < 1.29 is 13.9 Å². The van der Waals surface area contributed by atoms with Gasteiger partial charge in [-0.15, -0.1) is 0 Å². The van der Waals surface area contributed by atoms with Gasteiger partial charge in [0.05, 0.1) is 6.04 Å². The third-order valence-corrected chi connectivity index (χ3v) is 6.47. The molecule has 1 aromatic heterocycles. The van der Waals surface area contributed by atoms with E-state index in [1.54, 1.807) is 36.4 Å². The summed E-state index contributed by atoms with van der Waals surface area (Å²) in [5.41, 5.74) is 3.65. The molecule has 0 saturated heterocycles. The summed E-state index contributed by atoms with van der Waals surface area (Å²) in [6.45, 7) is 0. The van der Waals surface area contributed by atoms with Crippen molar-refractivity contribution in [3.63, 3.8) is 0 Å². The van der Waals surface area contributed by atoms with Crippen LogP contribution in [0.5, 0.6) is 10.9 Å². The van der Waals surface area contributed by atoms with Gasteiger partial charge in [0.2, 0.25) is 0 Å². The van der Waals surface area contributed by atoms with Gasteiger partial charge in [0, 0.05) is 23.5 Å². The summed E-state index contributed by atoms with van der Waals surface area (Å²) in [5, 5.41) is 3.58. The normalized spacial score (nSPS) is 11.6. The molecule has 5 aromatic rings. The Kier molecular flexibility index (Phi) is 7.62. The maximum Gasteiger partial charge on any atom is 0.298 e. The Morgan fingerprint density at radius 3 is 2.22 bits per heavy atom. The van der Waals surface area contributed by atoms with E-state index in [0.717, 1.165) is 28.2 Å². The molecule has 0 radical (unpaired) electrons. The van der Waals surface area contributed by atoms with Gasteiger partial charge in [-0.3, -0.25) is 4.79 Å². The van der Waals surface area contributed by atoms with Gasteiger partial charge < -0.3 is 10.1 Å². The Labute approximate surface area is 218 Å². The molecule has 5 rings (SSSR count). The summed E-state index contributed by atoms with van der Waals surface area (Å²) in [7, 11) is 0. The van der Waals surface area contributed by atoms with Gasteiger partial charge in [0.15, 0.2) is 5.82 Å². The minimum absolute atomic E-state index is 0.158. The van der Waals surface area contributed by atoms with Crippen molar-refractivity contribution >= 4 is 17.4 Å². The highest BCUT2D eigenvalue weighted by Gasteiger charge is 2.17. The zero-order chi connectivity index (χ0) is 25.5. The number of carbonyl (C=O) groups is 1. The lowest BCUT2D eigenvalue weighted by atomic mass is 9.98. The highest BCUT2D eigenvalue weighted by atomic mass is 32.1. The Bertz CT molecular complexity index is 1440. The first-order valence-electron chi connectivity index (χ1n) is 11.9. The highest BCUT2D eigenvalue weighted by molar-refractivity contribution is 7.07. The van der Waals surface area contributed by atoms with Crippen molar-refractivity contribution in [2.75, 3.05) is 0 Å². The lowest BCUT2D eigenvalue weighted by molar-refractivity contribution is 0.0936. The third kappa shape index (κ3) is 6.65. The molecular weight excluding hydrogens is 485 g/mol. The van der Waals surface area contributed by atoms with Crippen molar-refractivity contribution in [3.05, 3.63) is 143 Å². The monoisotopic (exact) mass is 509 g/mol. The maximum absolute atomic E-state index is 13.1. The van der Waals surface area contributed by atoms with E-state index in [1.165, 1.54) is 12.1 Å². The predicted molar refractivity (Wildman–Crippen MR) is 142 cm³/mol. The van der Waals surface area contributed by atoms with Gasteiger partial charge in [0.25, 0.3) is 11.1 Å². The van der Waals surface area contributed by atoms with Crippen LogP contribution in [-0.2, 0) is 12.8 Å². The van der Waals surface area contributed by atoms with Crippen molar-refractivity contribution in [1.82, 2.24) is 14.7 Å². The number of carbonyl (C=O) groups excluding carboxylic acids is 1. The van der Waals surface area contributed by atoms with Gasteiger partial charge in [-0.2, -0.15) is 9.36 Å². The molecule has 5 nitrogen and oxygen atoms in total. The molecule has 1 unspecified atom stereocenters. The fourth-order valence-electron chi connectivity index (χ4n) is 3.94. The van der Waals surface area contributed by atoms with Crippen LogP contribution < -0.4 is 10.1 Å². The number of nitrogens with one attached hydrogen (secondary N) is 1. The molecule has 0 saturated carbocycles. The minimum Gasteiger partial charge on any atom is -0.430 e. The van der Waals surface area contributed by atoms with Crippen LogP contribution >= 0.6 is 11.5 Å². The van der Waals surface area contributed by atoms with Crippen LogP contribution in [0, 0.1) is 5.82 Å². The number of halogens is 1. The van der Waals surface area contributed by atoms with Gasteiger partial charge in [-0.25, -0.2) is 4.39 Å². The first kappa shape index (κ1) is 24.3. The molecule has 1 N–H and O–H groups in total. The number of aromatic nitrogens is 2. The summed E-state index contributed by atoms with van der Waals surface area (Å²) in [5.74, 6) is 0.731. The lowest BCUT2D eigenvalue weighted by Gasteiger charge is -2.20. The molecule has 4 aromatic carbocycles. The second-order valence-corrected chi connectivity index (χ2v) is 9.25. The quantitative estimate of drug-likeness (QED) is 0.238. The van der Waals surface area contributed by atoms with Gasteiger partial charge in [-0.1, -0.05) is 72.8 Å². The third-order valence-electron chi connectivity index (χ3n) is 5.84. The van der Waals surface area contributed by atoms with Crippen LogP contribution in [0.3, 0.4) is 0 Å². The van der Waals surface area contributed by atoms with Crippen molar-refractivity contribution in [2.45, 2.75) is 18.9 Å². The van der Waals surface area contributed by atoms with Gasteiger partial charge in [-0.05, 0) is 59.5 Å². The largest absolute Gasteiger partial charge is 0.430 e. The standard InChI is InChI=1S/C30H24FN3O2S/c31-25-15-11-22(12-16-25)20-28-33-30(37-34-28)36-26-17-13-24(14-18-26)29(35)32-27(23-9-5-2-6-10-23)19-21-7-3-1-4-8-21/h1-18,27H,19-20H2,(H,32,35). The zero-order valence-corrected chi connectivity index (χ0v) is 20.7. The molecule has 0 aliphatic carbocycles. The second-order valence-electron chi connectivity index (χ2n) is 8.53. The maximum atomic E-state index is 13.1. The summed E-state index contributed by atoms with van der Waals surface area (Å²) < 4.78 is 23.3. The molecule has 0 aliphatic rings. The van der Waals surface area contributed by atoms with Gasteiger partial charge in [0.1, 0.15) is 11.6 Å². The molecule has 37 heavy (non-hydrogen) atoms. The first-order valence-corrected chi connectivity index (χ1v) is 12.6. The molecular formula is C30H24FN3O2S. The Hall–Kier alpha value is -4.36. The summed E-state index contributed by atoms with van der Waals surface area (Å²) in [6.07, 6.45) is 1.18. The summed E-state index contributed by atoms with van der Waals surface area (Å²) in [6, 6.07) is 33.1. The average Bonchev–Trinajstić information content (AvgIpc) is 3.37. The number of hydrogen-bond donors (Lipinski definition) is 1. The van der Waals surface area contributed by atoms with Crippen LogP contribution in [0.25, 0.3) is 0 Å². The Morgan fingerprint density at radius 2 is 1.51 bits per heavy atom. The van der Waals surface area contributed by atoms with Crippen LogP contribution in [-0.4, -0.2) is 15.3 Å². The van der Waals surface area contributed by atoms with E-state index in [9.17, 15) is 9.18 Å². The number of nitrogens with zero attached hydrogens (tertiary/aromatic N) is 2. The van der Waals surface area contributed by atoms with Crippen LogP contribution in [0.15, 0.2) is 109 Å². The van der Waals surface area contributed by atoms with E-state index in [2.05, 4.69) is 26.8 Å². The van der Waals surface area contributed by atoms with Crippen LogP contribution in [0.4, 0.5) is 4.39 Å². The highest BCUT2D eigenvalue weighted by Crippen LogP contribution is 2.25. The van der Waals surface area contributed by atoms with Gasteiger partial charge >= 0.3 is 0 Å². The van der Waals surface area contributed by atoms with E-state index >= 15 is 0 Å². The average molecular weight is 510 g/mol. The Balaban J connectivity index is 1.23. The molecule has 0 spiro atoms. The number of benzene rings is 4. The topological polar surface area (TPSA) is 64.1 Å². The fraction of sp³-hybridized carbons (Fsp3) is 0.100. The van der Waals surface area contributed by atoms with Crippen LogP contribution in [0.2, 0.25) is 0 Å². The first-order chi connectivity index (χ1) is 18.1. The number of ether oxygens (including phenoxy) is 1. The Morgan fingerprint density at radius 1 is 0.838 bits per heavy atom. The van der Waals surface area contributed by atoms with Crippen LogP contribution in [0.1, 0.15) is 38.9 Å². The minimum atomic E-state index is -0.275. The van der Waals surface area contributed by atoms with E-state index in [1.807, 2.05) is 48.5 Å². The molecule has 1 heterocycles. The second kappa shape index (κ2) is 11.6. The molecule has 184 valence electrons. The molecule has 7 heteroatoms. The lowest BCUT2D eigenvalue weighted by Crippen LogP contribution is -2.30. The number of amides is 1. The molecule has 1 amide bonds. The van der Waals surface area contributed by atoms with Crippen molar-refractivity contribution in [2.24, 2.45) is 0 Å². The van der Waals surface area contributed by atoms with Crippen molar-refractivity contribution in [3.8, 4) is 10.9 Å². The number of hydrogen-bond acceptors (Lipinski definition) is 5. The van der Waals surface area contributed by atoms with E-state index in [4.69, 9.17) is 4.74 Å². The zero-order valence-electron chi connectivity index (χ0n) is 19.9. The molecule has 1 atom stereocenters. The molecule has 0 aliphatic heterocycles. The van der Waals surface area contributed by atoms with E-state index in [0.29, 0.717) is 35.2 Å². The number of rotatable bonds is 9. The summed E-state index contributed by atoms with van der Waals surface area (Å²) in [4.78, 5) is 17.5. The molecule has 0 fully saturated rings. The molecule has 0 bridgehead atoms.